The van der Waals surface area contributed by atoms with Crippen molar-refractivity contribution in [2.45, 2.75) is 25.2 Å². The van der Waals surface area contributed by atoms with Gasteiger partial charge in [0.15, 0.2) is 23.5 Å². The molecule has 1 aromatic heterocycles. The molecular weight excluding hydrogens is 420 g/mol. The molecule has 2 amide bonds. The molecule has 1 aliphatic heterocycles. The number of carbonyl (C=O) groups is 2. The van der Waals surface area contributed by atoms with Crippen LogP contribution in [0, 0.1) is 17.5 Å². The van der Waals surface area contributed by atoms with Gasteiger partial charge in [0.2, 0.25) is 17.6 Å². The van der Waals surface area contributed by atoms with Crippen molar-refractivity contribution >= 4 is 11.8 Å². The predicted molar refractivity (Wildman–Crippen MR) is 87.8 cm³/mol. The summed E-state index contributed by atoms with van der Waals surface area (Å²) < 4.78 is 79.4. The molecule has 3 rings (SSSR count). The van der Waals surface area contributed by atoms with Gasteiger partial charge in [-0.25, -0.2) is 13.2 Å². The number of carbonyl (C=O) groups excluding carboxylic acids is 2. The number of halogens is 6. The predicted octanol–water partition coefficient (Wildman–Crippen LogP) is 1.88. The Morgan fingerprint density at radius 3 is 2.40 bits per heavy atom. The van der Waals surface area contributed by atoms with Crippen LogP contribution in [0.3, 0.4) is 0 Å². The second kappa shape index (κ2) is 7.80. The Labute approximate surface area is 164 Å². The van der Waals surface area contributed by atoms with E-state index >= 15 is 0 Å². The van der Waals surface area contributed by atoms with Crippen LogP contribution >= 0.6 is 0 Å². The topological polar surface area (TPSA) is 94.1 Å². The number of rotatable bonds is 4. The zero-order chi connectivity index (χ0) is 22.2. The maximum Gasteiger partial charge on any atom is 0.451 e. The lowest BCUT2D eigenvalue weighted by Gasteiger charge is -2.33. The normalized spacial score (nSPS) is 16.7. The van der Waals surface area contributed by atoms with Crippen molar-refractivity contribution in [3.8, 4) is 0 Å². The van der Waals surface area contributed by atoms with E-state index in [1.807, 2.05) is 0 Å². The number of aromatic nitrogens is 3. The fraction of sp³-hybridized carbons (Fsp3) is 0.294. The van der Waals surface area contributed by atoms with Crippen molar-refractivity contribution in [3.63, 3.8) is 0 Å². The summed E-state index contributed by atoms with van der Waals surface area (Å²) >= 11 is 0. The highest BCUT2D eigenvalue weighted by atomic mass is 19.4. The number of fused-ring (bicyclic) bond motifs is 1. The molecule has 0 fully saturated rings. The highest BCUT2D eigenvalue weighted by Crippen LogP contribution is 2.32. The second-order valence-electron chi connectivity index (χ2n) is 6.33. The first-order chi connectivity index (χ1) is 14.0. The van der Waals surface area contributed by atoms with Gasteiger partial charge >= 0.3 is 6.18 Å². The van der Waals surface area contributed by atoms with Crippen LogP contribution in [0.1, 0.15) is 23.3 Å². The van der Waals surface area contributed by atoms with Crippen molar-refractivity contribution in [2.75, 3.05) is 6.54 Å². The first-order valence-electron chi connectivity index (χ1n) is 8.41. The van der Waals surface area contributed by atoms with Crippen molar-refractivity contribution in [1.82, 2.24) is 19.7 Å². The van der Waals surface area contributed by atoms with E-state index in [4.69, 9.17) is 5.73 Å². The third kappa shape index (κ3) is 4.00. The lowest BCUT2D eigenvalue weighted by Crippen LogP contribution is -2.47. The van der Waals surface area contributed by atoms with Crippen molar-refractivity contribution in [1.29, 1.82) is 0 Å². The molecule has 7 nitrogen and oxygen atoms in total. The summed E-state index contributed by atoms with van der Waals surface area (Å²) in [6, 6.07) is -0.605. The molecule has 0 saturated carbocycles. The Balaban J connectivity index is 1.81. The molecule has 0 aliphatic carbocycles. The van der Waals surface area contributed by atoms with E-state index in [0.717, 1.165) is 17.1 Å². The molecule has 0 radical (unpaired) electrons. The fourth-order valence-corrected chi connectivity index (χ4v) is 3.04. The highest BCUT2D eigenvalue weighted by Gasteiger charge is 2.44. The molecule has 0 saturated heterocycles. The second-order valence-corrected chi connectivity index (χ2v) is 6.33. The molecule has 2 aromatic rings. The summed E-state index contributed by atoms with van der Waals surface area (Å²) in [5, 5.41) is 6.40. The smallest absolute Gasteiger partial charge is 0.367 e. The van der Waals surface area contributed by atoms with Crippen molar-refractivity contribution in [3.05, 3.63) is 58.9 Å². The molecule has 1 atom stereocenters. The quantitative estimate of drug-likeness (QED) is 0.453. The minimum absolute atomic E-state index is 0.224. The molecule has 1 aromatic carbocycles. The first-order valence-corrected chi connectivity index (χ1v) is 8.41. The molecule has 1 aliphatic rings. The van der Waals surface area contributed by atoms with E-state index in [1.54, 1.807) is 0 Å². The highest BCUT2D eigenvalue weighted by molar-refractivity contribution is 5.93. The molecule has 0 bridgehead atoms. The van der Waals surface area contributed by atoms with Gasteiger partial charge in [0, 0.05) is 19.2 Å². The summed E-state index contributed by atoms with van der Waals surface area (Å²) in [4.78, 5) is 25.2. The van der Waals surface area contributed by atoms with Gasteiger partial charge in [-0.3, -0.25) is 9.59 Å². The van der Waals surface area contributed by atoms with E-state index in [2.05, 4.69) is 10.2 Å². The van der Waals surface area contributed by atoms with Gasteiger partial charge in [-0.05, 0) is 24.1 Å². The van der Waals surface area contributed by atoms with E-state index in [9.17, 15) is 35.9 Å². The average molecular weight is 433 g/mol. The van der Waals surface area contributed by atoms with E-state index in [-0.39, 0.29) is 25.1 Å². The number of hydrogen-bond acceptors (Lipinski definition) is 4. The Hall–Kier alpha value is -3.38. The summed E-state index contributed by atoms with van der Waals surface area (Å²) in [5.74, 6) is -7.34. The number of hydrogen-bond donors (Lipinski definition) is 1. The Morgan fingerprint density at radius 2 is 1.77 bits per heavy atom. The number of allylic oxidation sites excluding steroid dienone is 1. The van der Waals surface area contributed by atoms with Gasteiger partial charge in [-0.15, -0.1) is 10.2 Å². The third-order valence-corrected chi connectivity index (χ3v) is 4.39. The Bertz CT molecular complexity index is 1030. The van der Waals surface area contributed by atoms with Gasteiger partial charge in [0.05, 0.1) is 0 Å². The Kier molecular flexibility index (Phi) is 5.55. The zero-order valence-corrected chi connectivity index (χ0v) is 15.0. The molecule has 0 spiro atoms. The molecule has 1 unspecified atom stereocenters. The summed E-state index contributed by atoms with van der Waals surface area (Å²) in [5.41, 5.74) is 5.03. The van der Waals surface area contributed by atoms with E-state index in [0.29, 0.717) is 16.7 Å². The van der Waals surface area contributed by atoms with Crippen LogP contribution in [-0.2, 0) is 28.7 Å². The Morgan fingerprint density at radius 1 is 1.10 bits per heavy atom. The van der Waals surface area contributed by atoms with Gasteiger partial charge in [-0.2, -0.15) is 13.2 Å². The van der Waals surface area contributed by atoms with Gasteiger partial charge < -0.3 is 15.2 Å². The van der Waals surface area contributed by atoms with Crippen LogP contribution in [0.5, 0.6) is 0 Å². The van der Waals surface area contributed by atoms with Gasteiger partial charge in [0.25, 0.3) is 0 Å². The average Bonchev–Trinajstić information content (AvgIpc) is 3.09. The maximum absolute atomic E-state index is 13.6. The fourth-order valence-electron chi connectivity index (χ4n) is 3.04. The largest absolute Gasteiger partial charge is 0.451 e. The number of amides is 2. The number of nitrogens with two attached hydrogens (primary N) is 1. The van der Waals surface area contributed by atoms with Crippen molar-refractivity contribution in [2.24, 2.45) is 5.73 Å². The van der Waals surface area contributed by atoms with Crippen molar-refractivity contribution < 1.29 is 35.9 Å². The lowest BCUT2D eigenvalue weighted by molar-refractivity contribution is -0.149. The molecule has 30 heavy (non-hydrogen) atoms. The number of primary amides is 1. The minimum Gasteiger partial charge on any atom is -0.367 e. The number of alkyl halides is 3. The van der Waals surface area contributed by atoms with Crippen LogP contribution in [0.15, 0.2) is 24.3 Å². The standard InChI is InChI=1S/C17H13F6N5O2/c18-9-7-11(20)10(19)6-8(9)2-1-3-12(29)27-4-5-28-15(13(27)14(24)30)25-26-16(28)17(21,22)23/h1,3,6-7,13H,2,4-5H2,(H2,24,30). The van der Waals surface area contributed by atoms with Gasteiger partial charge in [0.1, 0.15) is 5.82 Å². The summed E-state index contributed by atoms with van der Waals surface area (Å²) in [7, 11) is 0. The van der Waals surface area contributed by atoms with Crippen LogP contribution in [0.2, 0.25) is 0 Å². The number of nitrogens with zero attached hydrogens (tertiary/aromatic N) is 4. The van der Waals surface area contributed by atoms with Crippen LogP contribution < -0.4 is 5.73 Å². The lowest BCUT2D eigenvalue weighted by atomic mass is 10.1. The minimum atomic E-state index is -4.81. The third-order valence-electron chi connectivity index (χ3n) is 4.39. The van der Waals surface area contributed by atoms with Crippen LogP contribution in [0.25, 0.3) is 0 Å². The zero-order valence-electron chi connectivity index (χ0n) is 15.0. The molecule has 160 valence electrons. The van der Waals surface area contributed by atoms with E-state index in [1.165, 1.54) is 0 Å². The summed E-state index contributed by atoms with van der Waals surface area (Å²) in [6.07, 6.45) is -3.03. The monoisotopic (exact) mass is 433 g/mol. The van der Waals surface area contributed by atoms with E-state index < -0.39 is 53.1 Å². The van der Waals surface area contributed by atoms with Crippen LogP contribution in [0.4, 0.5) is 26.3 Å². The maximum atomic E-state index is 13.6. The molecular formula is C17H13F6N5O2. The number of benzene rings is 1. The first kappa shape index (κ1) is 21.3. The summed E-state index contributed by atoms with van der Waals surface area (Å²) in [6.45, 7) is -0.636. The molecule has 2 heterocycles. The SMILES string of the molecule is NC(=O)C1c2nnc(C(F)(F)F)n2CCN1C(=O)C=CCc1cc(F)c(F)cc1F. The van der Waals surface area contributed by atoms with Crippen LogP contribution in [-0.4, -0.2) is 38.0 Å². The van der Waals surface area contributed by atoms with Gasteiger partial charge in [-0.1, -0.05) is 6.08 Å². The molecule has 2 N–H and O–H groups in total. The molecule has 13 heteroatoms.